The van der Waals surface area contributed by atoms with Crippen molar-refractivity contribution < 1.29 is 10.2 Å². The number of hydrogen-bond acceptors (Lipinski definition) is 10. The molecule has 10 heteroatoms. The van der Waals surface area contributed by atoms with Crippen molar-refractivity contribution in [3.63, 3.8) is 0 Å². The fraction of sp³-hybridized carbons (Fsp3) is 0.556. The predicted molar refractivity (Wildman–Crippen MR) is 145 cm³/mol. The van der Waals surface area contributed by atoms with Crippen LogP contribution in [0.4, 0.5) is 17.6 Å². The summed E-state index contributed by atoms with van der Waals surface area (Å²) in [6.07, 6.45) is 4.11. The second-order valence-electron chi connectivity index (χ2n) is 11.0. The highest BCUT2D eigenvalue weighted by Crippen LogP contribution is 2.35. The Kier molecular flexibility index (Phi) is 7.52. The molecule has 2 aliphatic heterocycles. The van der Waals surface area contributed by atoms with Gasteiger partial charge in [-0.15, -0.1) is 0 Å². The molecule has 198 valence electrons. The van der Waals surface area contributed by atoms with E-state index in [1.165, 1.54) is 0 Å². The van der Waals surface area contributed by atoms with Crippen LogP contribution in [0.3, 0.4) is 0 Å². The molecule has 3 aromatic rings. The van der Waals surface area contributed by atoms with Crippen LogP contribution in [0.5, 0.6) is 0 Å². The number of piperazine rings is 1. The molecule has 0 bridgehead atoms. The maximum Gasteiger partial charge on any atom is 0.229 e. The summed E-state index contributed by atoms with van der Waals surface area (Å²) in [5, 5.41) is 23.4. The Balaban J connectivity index is 1.30. The van der Waals surface area contributed by atoms with E-state index in [9.17, 15) is 5.11 Å². The highest BCUT2D eigenvalue weighted by atomic mass is 16.3. The van der Waals surface area contributed by atoms with Gasteiger partial charge in [-0.1, -0.05) is 19.9 Å². The molecule has 37 heavy (non-hydrogen) atoms. The zero-order chi connectivity index (χ0) is 26.0. The van der Waals surface area contributed by atoms with Crippen LogP contribution < -0.4 is 10.2 Å². The van der Waals surface area contributed by atoms with E-state index in [1.807, 2.05) is 18.3 Å². The monoisotopic (exact) mass is 506 g/mol. The molecule has 0 aromatic carbocycles. The number of aliphatic hydroxyl groups is 2. The Morgan fingerprint density at radius 1 is 1.03 bits per heavy atom. The van der Waals surface area contributed by atoms with Crippen molar-refractivity contribution in [1.82, 2.24) is 29.7 Å². The summed E-state index contributed by atoms with van der Waals surface area (Å²) >= 11 is 0. The maximum atomic E-state index is 10.2. The first kappa shape index (κ1) is 25.7. The average molecular weight is 507 g/mol. The molecule has 2 aliphatic rings. The van der Waals surface area contributed by atoms with Crippen LogP contribution >= 0.6 is 0 Å². The first-order valence-corrected chi connectivity index (χ1v) is 13.2. The molecule has 0 spiro atoms. The number of hydrogen-bond donors (Lipinski definition) is 3. The number of rotatable bonds is 8. The Morgan fingerprint density at radius 2 is 1.81 bits per heavy atom. The topological polar surface area (TPSA) is 114 Å². The molecule has 10 nitrogen and oxygen atoms in total. The summed E-state index contributed by atoms with van der Waals surface area (Å²) in [4.78, 5) is 25.7. The molecule has 5 heterocycles. The zero-order valence-corrected chi connectivity index (χ0v) is 22.1. The number of aliphatic hydroxyl groups excluding tert-OH is 2. The van der Waals surface area contributed by atoms with Crippen LogP contribution in [0.25, 0.3) is 10.9 Å². The number of nitrogens with one attached hydrogen (secondary N) is 1. The average Bonchev–Trinajstić information content (AvgIpc) is 3.25. The van der Waals surface area contributed by atoms with Crippen molar-refractivity contribution >= 4 is 28.5 Å². The van der Waals surface area contributed by atoms with Crippen LogP contribution in [-0.4, -0.2) is 92.4 Å². The Hall–Kier alpha value is -2.92. The van der Waals surface area contributed by atoms with Crippen molar-refractivity contribution in [2.45, 2.75) is 39.8 Å². The summed E-state index contributed by atoms with van der Waals surface area (Å²) in [5.41, 5.74) is 2.77. The fourth-order valence-corrected chi connectivity index (χ4v) is 5.11. The number of anilines is 3. The lowest BCUT2D eigenvalue weighted by Gasteiger charge is -2.34. The van der Waals surface area contributed by atoms with Crippen molar-refractivity contribution in [3.05, 3.63) is 41.9 Å². The lowest BCUT2D eigenvalue weighted by molar-refractivity contribution is 0.108. The van der Waals surface area contributed by atoms with E-state index in [4.69, 9.17) is 15.1 Å². The van der Waals surface area contributed by atoms with E-state index in [-0.39, 0.29) is 12.0 Å². The molecule has 3 aromatic heterocycles. The molecule has 0 saturated carbocycles. The van der Waals surface area contributed by atoms with Crippen molar-refractivity contribution in [1.29, 1.82) is 0 Å². The number of pyridine rings is 2. The third kappa shape index (κ3) is 6.15. The molecule has 2 saturated heterocycles. The van der Waals surface area contributed by atoms with Gasteiger partial charge in [-0.05, 0) is 36.5 Å². The summed E-state index contributed by atoms with van der Waals surface area (Å²) in [5.74, 6) is 1.96. The third-order valence-corrected chi connectivity index (χ3v) is 7.32. The van der Waals surface area contributed by atoms with Crippen molar-refractivity contribution in [2.75, 3.05) is 62.6 Å². The molecule has 0 unspecified atom stereocenters. The van der Waals surface area contributed by atoms with E-state index in [0.717, 1.165) is 81.1 Å². The molecule has 1 atom stereocenters. The number of nitrogens with zero attached hydrogens (tertiary/aromatic N) is 7. The molecular formula is C27H38N8O2. The molecular weight excluding hydrogens is 468 g/mol. The van der Waals surface area contributed by atoms with Crippen molar-refractivity contribution in [2.24, 2.45) is 5.41 Å². The quantitative estimate of drug-likeness (QED) is 0.421. The third-order valence-electron chi connectivity index (χ3n) is 7.32. The van der Waals surface area contributed by atoms with Crippen molar-refractivity contribution in [3.8, 4) is 0 Å². The minimum Gasteiger partial charge on any atom is -0.395 e. The SMILES string of the molecule is C[C@@H](O)c1cc2cnc(Nc3ccc(CN4CCN(CCO)CC4)cn3)nc2c(N2CCC(C)(C)C2)n1. The van der Waals surface area contributed by atoms with Gasteiger partial charge in [-0.3, -0.25) is 9.80 Å². The molecule has 3 N–H and O–H groups in total. The largest absolute Gasteiger partial charge is 0.395 e. The second-order valence-corrected chi connectivity index (χ2v) is 11.0. The zero-order valence-electron chi connectivity index (χ0n) is 22.1. The van der Waals surface area contributed by atoms with Gasteiger partial charge in [0.15, 0.2) is 5.82 Å². The van der Waals surface area contributed by atoms with E-state index in [1.54, 1.807) is 13.1 Å². The van der Waals surface area contributed by atoms with Gasteiger partial charge in [0.05, 0.1) is 18.4 Å². The summed E-state index contributed by atoms with van der Waals surface area (Å²) in [7, 11) is 0. The van der Waals surface area contributed by atoms with Gasteiger partial charge in [0, 0.05) is 70.1 Å². The minimum atomic E-state index is -0.663. The Morgan fingerprint density at radius 3 is 2.46 bits per heavy atom. The first-order chi connectivity index (χ1) is 17.8. The fourth-order valence-electron chi connectivity index (χ4n) is 5.11. The molecule has 2 fully saturated rings. The number of aromatic nitrogens is 4. The van der Waals surface area contributed by atoms with E-state index in [2.05, 4.69) is 49.9 Å². The summed E-state index contributed by atoms with van der Waals surface area (Å²) in [6, 6.07) is 5.92. The molecule has 0 radical (unpaired) electrons. The molecule has 5 rings (SSSR count). The normalized spacial score (nSPS) is 19.4. The minimum absolute atomic E-state index is 0.210. The van der Waals surface area contributed by atoms with Crippen LogP contribution in [0.1, 0.15) is 44.6 Å². The number of fused-ring (bicyclic) bond motifs is 1. The van der Waals surface area contributed by atoms with Crippen LogP contribution in [0, 0.1) is 5.41 Å². The van der Waals surface area contributed by atoms with Gasteiger partial charge < -0.3 is 20.4 Å². The summed E-state index contributed by atoms with van der Waals surface area (Å²) < 4.78 is 0. The molecule has 0 aliphatic carbocycles. The second kappa shape index (κ2) is 10.8. The van der Waals surface area contributed by atoms with E-state index < -0.39 is 6.10 Å². The summed E-state index contributed by atoms with van der Waals surface area (Å²) in [6.45, 7) is 13.8. The Labute approximate surface area is 218 Å². The maximum absolute atomic E-state index is 10.2. The van der Waals surface area contributed by atoms with Gasteiger partial charge in [0.1, 0.15) is 11.3 Å². The Bertz CT molecular complexity index is 1210. The van der Waals surface area contributed by atoms with Crippen LogP contribution in [0.15, 0.2) is 30.6 Å². The highest BCUT2D eigenvalue weighted by molar-refractivity contribution is 5.89. The van der Waals surface area contributed by atoms with Gasteiger partial charge >= 0.3 is 0 Å². The molecule has 0 amide bonds. The standard InChI is InChI=1S/C27H38N8O2/c1-19(37)22-14-21-16-29-26(32-24(21)25(30-22)35-7-6-27(2,3)18-35)31-23-5-4-20(15-28-23)17-34-10-8-33(9-11-34)12-13-36/h4-5,14-16,19,36-37H,6-13,17-18H2,1-3H3,(H,28,29,31,32)/t19-/m1/s1. The van der Waals surface area contributed by atoms with Gasteiger partial charge in [-0.25, -0.2) is 19.9 Å². The number of β-amino-alcohol motifs (C(OH)–C–C–N with tert-alkyl or cyclic N) is 1. The lowest BCUT2D eigenvalue weighted by atomic mass is 9.93. The highest BCUT2D eigenvalue weighted by Gasteiger charge is 2.31. The lowest BCUT2D eigenvalue weighted by Crippen LogP contribution is -2.46. The van der Waals surface area contributed by atoms with Gasteiger partial charge in [-0.2, -0.15) is 0 Å². The van der Waals surface area contributed by atoms with E-state index >= 15 is 0 Å². The van der Waals surface area contributed by atoms with Crippen LogP contribution in [0.2, 0.25) is 0 Å². The van der Waals surface area contributed by atoms with E-state index in [0.29, 0.717) is 17.5 Å². The predicted octanol–water partition coefficient (Wildman–Crippen LogP) is 2.56. The van der Waals surface area contributed by atoms with Gasteiger partial charge in [0.25, 0.3) is 0 Å². The first-order valence-electron chi connectivity index (χ1n) is 13.2. The smallest absolute Gasteiger partial charge is 0.229 e. The van der Waals surface area contributed by atoms with Gasteiger partial charge in [0.2, 0.25) is 5.95 Å². The van der Waals surface area contributed by atoms with Crippen LogP contribution in [-0.2, 0) is 6.54 Å².